The molecule has 0 radical (unpaired) electrons. The van der Waals surface area contributed by atoms with Gasteiger partial charge in [0.25, 0.3) is 0 Å². The fourth-order valence-electron chi connectivity index (χ4n) is 3.50. The number of nitrogens with zero attached hydrogens (tertiary/aromatic N) is 3. The highest BCUT2D eigenvalue weighted by Gasteiger charge is 2.29. The van der Waals surface area contributed by atoms with Gasteiger partial charge in [0, 0.05) is 31.5 Å². The minimum absolute atomic E-state index is 0.491. The normalized spacial score (nSPS) is 17.2. The molecule has 4 heteroatoms. The van der Waals surface area contributed by atoms with Gasteiger partial charge in [-0.25, -0.2) is 0 Å². The van der Waals surface area contributed by atoms with Crippen molar-refractivity contribution in [2.45, 2.75) is 25.6 Å². The van der Waals surface area contributed by atoms with Gasteiger partial charge in [0.15, 0.2) is 0 Å². The van der Waals surface area contributed by atoms with Gasteiger partial charge in [-0.1, -0.05) is 36.4 Å². The average Bonchev–Trinajstić information content (AvgIpc) is 3.12. The Morgan fingerprint density at radius 3 is 2.60 bits per heavy atom. The molecule has 3 aromatic rings. The molecule has 2 aromatic carbocycles. The Bertz CT molecular complexity index is 829. The van der Waals surface area contributed by atoms with Gasteiger partial charge in [0.05, 0.1) is 13.7 Å². The van der Waals surface area contributed by atoms with Crippen LogP contribution in [0.1, 0.15) is 29.2 Å². The highest BCUT2D eigenvalue weighted by Crippen LogP contribution is 2.35. The van der Waals surface area contributed by atoms with E-state index in [1.54, 1.807) is 7.11 Å². The van der Waals surface area contributed by atoms with Crippen molar-refractivity contribution in [3.8, 4) is 5.75 Å². The van der Waals surface area contributed by atoms with Crippen molar-refractivity contribution in [2.75, 3.05) is 13.7 Å². The van der Waals surface area contributed by atoms with Crippen LogP contribution in [0.5, 0.6) is 5.75 Å². The predicted octanol–water partition coefficient (Wildman–Crippen LogP) is 3.89. The Balaban J connectivity index is 1.45. The minimum Gasteiger partial charge on any atom is -0.497 e. The molecule has 0 unspecified atom stereocenters. The summed E-state index contributed by atoms with van der Waals surface area (Å²) in [4.78, 5) is 2.53. The molecule has 1 atom stereocenters. The molecule has 0 N–H and O–H groups in total. The van der Waals surface area contributed by atoms with E-state index < -0.39 is 0 Å². The molecule has 0 aliphatic carbocycles. The van der Waals surface area contributed by atoms with Gasteiger partial charge in [0.2, 0.25) is 0 Å². The van der Waals surface area contributed by atoms with E-state index in [1.807, 2.05) is 29.2 Å². The maximum absolute atomic E-state index is 5.37. The van der Waals surface area contributed by atoms with Crippen LogP contribution in [0.3, 0.4) is 0 Å². The first-order valence-electron chi connectivity index (χ1n) is 8.75. The van der Waals surface area contributed by atoms with E-state index in [0.29, 0.717) is 6.04 Å². The van der Waals surface area contributed by atoms with Crippen LogP contribution in [0.4, 0.5) is 0 Å². The maximum atomic E-state index is 5.37. The Labute approximate surface area is 148 Å². The van der Waals surface area contributed by atoms with Crippen LogP contribution in [0.2, 0.25) is 0 Å². The molecule has 1 saturated heterocycles. The van der Waals surface area contributed by atoms with Crippen molar-refractivity contribution >= 4 is 0 Å². The molecule has 0 saturated carbocycles. The zero-order valence-electron chi connectivity index (χ0n) is 14.5. The van der Waals surface area contributed by atoms with Crippen molar-refractivity contribution in [3.63, 3.8) is 0 Å². The third kappa shape index (κ3) is 3.59. The molecule has 4 rings (SSSR count). The zero-order chi connectivity index (χ0) is 17.1. The molecule has 25 heavy (non-hydrogen) atoms. The van der Waals surface area contributed by atoms with Gasteiger partial charge in [-0.05, 0) is 41.3 Å². The summed E-state index contributed by atoms with van der Waals surface area (Å²) in [5.74, 6) is 0.936. The highest BCUT2D eigenvalue weighted by atomic mass is 16.5. The lowest BCUT2D eigenvalue weighted by molar-refractivity contribution is 0.0817. The van der Waals surface area contributed by atoms with E-state index in [0.717, 1.165) is 25.4 Å². The van der Waals surface area contributed by atoms with E-state index in [2.05, 4.69) is 52.5 Å². The minimum atomic E-state index is 0.491. The second-order valence-corrected chi connectivity index (χ2v) is 6.58. The zero-order valence-corrected chi connectivity index (χ0v) is 14.5. The quantitative estimate of drug-likeness (QED) is 0.686. The molecule has 1 aliphatic heterocycles. The molecule has 0 bridgehead atoms. The third-order valence-corrected chi connectivity index (χ3v) is 4.89. The highest BCUT2D eigenvalue weighted by molar-refractivity contribution is 5.32. The van der Waals surface area contributed by atoms with Gasteiger partial charge >= 0.3 is 0 Å². The summed E-state index contributed by atoms with van der Waals surface area (Å²) < 4.78 is 7.33. The van der Waals surface area contributed by atoms with Crippen LogP contribution in [0.15, 0.2) is 67.0 Å². The second kappa shape index (κ2) is 7.11. The SMILES string of the molecule is COc1cccc([C@@H]2CCN2Cc2cccc(Cn3cccn3)c2)c1. The summed E-state index contributed by atoms with van der Waals surface area (Å²) in [5.41, 5.74) is 4.00. The Morgan fingerprint density at radius 2 is 1.88 bits per heavy atom. The van der Waals surface area contributed by atoms with E-state index in [1.165, 1.54) is 23.1 Å². The van der Waals surface area contributed by atoms with Gasteiger partial charge in [0.1, 0.15) is 5.75 Å². The number of aromatic nitrogens is 2. The van der Waals surface area contributed by atoms with E-state index in [9.17, 15) is 0 Å². The average molecular weight is 333 g/mol. The Morgan fingerprint density at radius 1 is 1.04 bits per heavy atom. The standard InChI is InChI=1S/C21H23N3O/c1-25-20-8-3-7-19(14-20)21-9-12-23(21)15-17-5-2-6-18(13-17)16-24-11-4-10-22-24/h2-8,10-11,13-14,21H,9,12,15-16H2,1H3/t21-/m0/s1. The van der Waals surface area contributed by atoms with Crippen LogP contribution < -0.4 is 4.74 Å². The molecular weight excluding hydrogens is 310 g/mol. The summed E-state index contributed by atoms with van der Waals surface area (Å²) in [6.07, 6.45) is 5.03. The van der Waals surface area contributed by atoms with Gasteiger partial charge in [-0.2, -0.15) is 5.10 Å². The monoisotopic (exact) mass is 333 g/mol. The molecule has 0 amide bonds. The summed E-state index contributed by atoms with van der Waals surface area (Å²) >= 11 is 0. The summed E-state index contributed by atoms with van der Waals surface area (Å²) in [7, 11) is 1.72. The lowest BCUT2D eigenvalue weighted by atomic mass is 9.93. The molecule has 4 nitrogen and oxygen atoms in total. The number of likely N-dealkylation sites (tertiary alicyclic amines) is 1. The first-order valence-corrected chi connectivity index (χ1v) is 8.75. The van der Waals surface area contributed by atoms with E-state index in [-0.39, 0.29) is 0 Å². The lowest BCUT2D eigenvalue weighted by Gasteiger charge is -2.41. The molecule has 2 heterocycles. The second-order valence-electron chi connectivity index (χ2n) is 6.58. The fraction of sp³-hybridized carbons (Fsp3) is 0.286. The lowest BCUT2D eigenvalue weighted by Crippen LogP contribution is -2.40. The number of hydrogen-bond donors (Lipinski definition) is 0. The first kappa shape index (κ1) is 15.9. The van der Waals surface area contributed by atoms with Crippen LogP contribution in [-0.2, 0) is 13.1 Å². The molecule has 1 aromatic heterocycles. The van der Waals surface area contributed by atoms with Gasteiger partial charge in [-0.3, -0.25) is 9.58 Å². The Hall–Kier alpha value is -2.59. The topological polar surface area (TPSA) is 30.3 Å². The summed E-state index contributed by atoms with van der Waals surface area (Å²) in [5, 5.41) is 4.29. The number of rotatable bonds is 6. The van der Waals surface area contributed by atoms with Crippen molar-refractivity contribution in [2.24, 2.45) is 0 Å². The largest absolute Gasteiger partial charge is 0.497 e. The third-order valence-electron chi connectivity index (χ3n) is 4.89. The number of methoxy groups -OCH3 is 1. The van der Waals surface area contributed by atoms with Crippen LogP contribution in [0.25, 0.3) is 0 Å². The number of benzene rings is 2. The van der Waals surface area contributed by atoms with E-state index in [4.69, 9.17) is 4.74 Å². The molecule has 1 fully saturated rings. The van der Waals surface area contributed by atoms with Crippen LogP contribution in [-0.4, -0.2) is 28.3 Å². The number of ether oxygens (including phenoxy) is 1. The van der Waals surface area contributed by atoms with Crippen molar-refractivity contribution in [3.05, 3.63) is 83.7 Å². The van der Waals surface area contributed by atoms with Crippen LogP contribution in [0, 0.1) is 0 Å². The summed E-state index contributed by atoms with van der Waals surface area (Å²) in [6.45, 7) is 2.94. The van der Waals surface area contributed by atoms with Crippen molar-refractivity contribution in [1.82, 2.24) is 14.7 Å². The fourth-order valence-corrected chi connectivity index (χ4v) is 3.50. The van der Waals surface area contributed by atoms with Crippen molar-refractivity contribution in [1.29, 1.82) is 0 Å². The maximum Gasteiger partial charge on any atom is 0.119 e. The smallest absolute Gasteiger partial charge is 0.119 e. The number of hydrogen-bond acceptors (Lipinski definition) is 3. The Kier molecular flexibility index (Phi) is 4.53. The summed E-state index contributed by atoms with van der Waals surface area (Å²) in [6, 6.07) is 19.7. The van der Waals surface area contributed by atoms with E-state index >= 15 is 0 Å². The van der Waals surface area contributed by atoms with Gasteiger partial charge in [-0.15, -0.1) is 0 Å². The molecule has 0 spiro atoms. The van der Waals surface area contributed by atoms with Crippen molar-refractivity contribution < 1.29 is 4.74 Å². The molecular formula is C21H23N3O. The van der Waals surface area contributed by atoms with Crippen LogP contribution >= 0.6 is 0 Å². The van der Waals surface area contributed by atoms with Gasteiger partial charge < -0.3 is 4.74 Å². The first-order chi connectivity index (χ1) is 12.3. The predicted molar refractivity (Wildman–Crippen MR) is 98.5 cm³/mol. The molecule has 1 aliphatic rings. The molecule has 128 valence electrons.